The van der Waals surface area contributed by atoms with E-state index in [1.807, 2.05) is 0 Å². The molecule has 1 aromatic rings. The molecule has 0 aromatic carbocycles. The van der Waals surface area contributed by atoms with E-state index in [9.17, 15) is 9.90 Å². The van der Waals surface area contributed by atoms with E-state index in [-0.39, 0.29) is 19.1 Å². The van der Waals surface area contributed by atoms with E-state index in [1.54, 1.807) is 0 Å². The summed E-state index contributed by atoms with van der Waals surface area (Å²) < 4.78 is 4.72. The highest BCUT2D eigenvalue weighted by Gasteiger charge is 2.09. The molecule has 0 saturated heterocycles. The predicted octanol–water partition coefficient (Wildman–Crippen LogP) is -0.666. The first-order valence-corrected chi connectivity index (χ1v) is 4.52. The van der Waals surface area contributed by atoms with Gasteiger partial charge in [0, 0.05) is 25.5 Å². The minimum atomic E-state index is -0.703. The Balaban J connectivity index is 2.36. The summed E-state index contributed by atoms with van der Waals surface area (Å²) in [6.07, 6.45) is 0.826. The number of ether oxygens (including phenoxy) is 1. The summed E-state index contributed by atoms with van der Waals surface area (Å²) in [6.45, 7) is 0.332. The molecule has 0 aliphatic heterocycles. The number of aliphatic hydroxyl groups excluding tert-OH is 1. The Morgan fingerprint density at radius 3 is 3.07 bits per heavy atom. The molecule has 1 aromatic heterocycles. The first kappa shape index (κ1) is 11.5. The van der Waals surface area contributed by atoms with Crippen molar-refractivity contribution in [3.63, 3.8) is 0 Å². The fourth-order valence-electron chi connectivity index (χ4n) is 1.10. The Hall–Kier alpha value is -1.53. The highest BCUT2D eigenvalue weighted by Crippen LogP contribution is 2.03. The summed E-state index contributed by atoms with van der Waals surface area (Å²) in [5.74, 6) is -0.304. The number of H-pyrrole nitrogens is 1. The van der Waals surface area contributed by atoms with Gasteiger partial charge in [0.1, 0.15) is 5.69 Å². The van der Waals surface area contributed by atoms with Gasteiger partial charge in [-0.2, -0.15) is 0 Å². The number of aromatic nitrogens is 1. The zero-order chi connectivity index (χ0) is 11.3. The molecule has 84 valence electrons. The van der Waals surface area contributed by atoms with Crippen LogP contribution in [0.2, 0.25) is 0 Å². The standard InChI is InChI=1S/C9H15N3O3/c1-15-5-7(13)4-12-9(14)8-2-6(10)3-11-8/h2-3,7,11,13H,4-5,10H2,1H3,(H,12,14). The molecule has 1 amide bonds. The van der Waals surface area contributed by atoms with Gasteiger partial charge in [0.25, 0.3) is 5.91 Å². The quantitative estimate of drug-likeness (QED) is 0.521. The van der Waals surface area contributed by atoms with Crippen molar-refractivity contribution in [2.24, 2.45) is 0 Å². The van der Waals surface area contributed by atoms with Gasteiger partial charge >= 0.3 is 0 Å². The second-order valence-electron chi connectivity index (χ2n) is 3.17. The van der Waals surface area contributed by atoms with Gasteiger partial charge in [0.2, 0.25) is 0 Å². The van der Waals surface area contributed by atoms with Gasteiger partial charge in [-0.3, -0.25) is 4.79 Å². The molecule has 6 heteroatoms. The Morgan fingerprint density at radius 1 is 1.80 bits per heavy atom. The maximum absolute atomic E-state index is 11.4. The number of hydrogen-bond acceptors (Lipinski definition) is 4. The number of nitrogens with two attached hydrogens (primary N) is 1. The van der Waals surface area contributed by atoms with E-state index in [0.717, 1.165) is 0 Å². The number of carbonyl (C=O) groups is 1. The van der Waals surface area contributed by atoms with Gasteiger partial charge in [-0.05, 0) is 6.07 Å². The number of methoxy groups -OCH3 is 1. The average Bonchev–Trinajstić information content (AvgIpc) is 2.62. The number of carbonyl (C=O) groups excluding carboxylic acids is 1. The van der Waals surface area contributed by atoms with Crippen LogP contribution in [0.4, 0.5) is 5.69 Å². The van der Waals surface area contributed by atoms with Gasteiger partial charge in [0.05, 0.1) is 12.7 Å². The van der Waals surface area contributed by atoms with Crippen molar-refractivity contribution >= 4 is 11.6 Å². The largest absolute Gasteiger partial charge is 0.397 e. The third-order valence-corrected chi connectivity index (χ3v) is 1.81. The van der Waals surface area contributed by atoms with Crippen molar-refractivity contribution in [1.82, 2.24) is 10.3 Å². The van der Waals surface area contributed by atoms with Crippen LogP contribution in [0.25, 0.3) is 0 Å². The molecule has 0 bridgehead atoms. The number of anilines is 1. The van der Waals surface area contributed by atoms with Crippen LogP contribution in [0.1, 0.15) is 10.5 Å². The summed E-state index contributed by atoms with van der Waals surface area (Å²) in [5.41, 5.74) is 6.31. The van der Waals surface area contributed by atoms with Crippen LogP contribution in [-0.2, 0) is 4.74 Å². The van der Waals surface area contributed by atoms with Gasteiger partial charge < -0.3 is 25.9 Å². The molecule has 1 atom stereocenters. The maximum atomic E-state index is 11.4. The normalized spacial score (nSPS) is 12.4. The molecule has 1 heterocycles. The molecule has 0 fully saturated rings. The van der Waals surface area contributed by atoms with Crippen LogP contribution >= 0.6 is 0 Å². The van der Waals surface area contributed by atoms with Gasteiger partial charge in [0.15, 0.2) is 0 Å². The predicted molar refractivity (Wildman–Crippen MR) is 55.4 cm³/mol. The molecule has 0 aliphatic rings. The van der Waals surface area contributed by atoms with Crippen LogP contribution in [-0.4, -0.2) is 42.4 Å². The lowest BCUT2D eigenvalue weighted by Crippen LogP contribution is -2.34. The minimum Gasteiger partial charge on any atom is -0.397 e. The fraction of sp³-hybridized carbons (Fsp3) is 0.444. The van der Waals surface area contributed by atoms with Crippen LogP contribution < -0.4 is 11.1 Å². The summed E-state index contributed by atoms with van der Waals surface area (Å²) in [6, 6.07) is 1.53. The zero-order valence-corrected chi connectivity index (χ0v) is 8.49. The highest BCUT2D eigenvalue weighted by atomic mass is 16.5. The smallest absolute Gasteiger partial charge is 0.267 e. The van der Waals surface area contributed by atoms with Crippen LogP contribution in [0.5, 0.6) is 0 Å². The van der Waals surface area contributed by atoms with E-state index in [0.29, 0.717) is 11.4 Å². The monoisotopic (exact) mass is 213 g/mol. The van der Waals surface area contributed by atoms with Crippen molar-refractivity contribution in [3.05, 3.63) is 18.0 Å². The number of rotatable bonds is 5. The highest BCUT2D eigenvalue weighted by molar-refractivity contribution is 5.93. The Bertz CT molecular complexity index is 324. The average molecular weight is 213 g/mol. The number of nitrogens with one attached hydrogen (secondary N) is 2. The molecule has 1 unspecified atom stereocenters. The molecule has 15 heavy (non-hydrogen) atoms. The minimum absolute atomic E-state index is 0.144. The van der Waals surface area contributed by atoms with E-state index in [1.165, 1.54) is 19.4 Å². The topological polar surface area (TPSA) is 100 Å². The third-order valence-electron chi connectivity index (χ3n) is 1.81. The van der Waals surface area contributed by atoms with Gasteiger partial charge in [-0.1, -0.05) is 0 Å². The summed E-state index contributed by atoms with van der Waals surface area (Å²) in [5, 5.41) is 11.8. The molecule has 0 radical (unpaired) electrons. The molecule has 0 spiro atoms. The lowest BCUT2D eigenvalue weighted by molar-refractivity contribution is 0.0609. The first-order valence-electron chi connectivity index (χ1n) is 4.52. The molecular weight excluding hydrogens is 198 g/mol. The van der Waals surface area contributed by atoms with E-state index in [4.69, 9.17) is 10.5 Å². The maximum Gasteiger partial charge on any atom is 0.267 e. The second kappa shape index (κ2) is 5.38. The number of nitrogen functional groups attached to an aromatic ring is 1. The Morgan fingerprint density at radius 2 is 2.53 bits per heavy atom. The van der Waals surface area contributed by atoms with Crippen molar-refractivity contribution in [2.75, 3.05) is 26.0 Å². The SMILES string of the molecule is COCC(O)CNC(=O)c1cc(N)c[nH]1. The lowest BCUT2D eigenvalue weighted by Gasteiger charge is -2.09. The molecule has 6 nitrogen and oxygen atoms in total. The summed E-state index contributed by atoms with van der Waals surface area (Å²) in [7, 11) is 1.48. The molecule has 1 rings (SSSR count). The third kappa shape index (κ3) is 3.61. The van der Waals surface area contributed by atoms with Gasteiger partial charge in [-0.15, -0.1) is 0 Å². The zero-order valence-electron chi connectivity index (χ0n) is 8.49. The number of aromatic amines is 1. The van der Waals surface area contributed by atoms with Crippen LogP contribution in [0, 0.1) is 0 Å². The van der Waals surface area contributed by atoms with Crippen molar-refractivity contribution in [1.29, 1.82) is 0 Å². The van der Waals surface area contributed by atoms with Gasteiger partial charge in [-0.25, -0.2) is 0 Å². The van der Waals surface area contributed by atoms with E-state index in [2.05, 4.69) is 10.3 Å². The molecule has 0 saturated carbocycles. The summed E-state index contributed by atoms with van der Waals surface area (Å²) >= 11 is 0. The second-order valence-corrected chi connectivity index (χ2v) is 3.17. The first-order chi connectivity index (χ1) is 7.13. The Labute approximate surface area is 87.4 Å². The summed E-state index contributed by atoms with van der Waals surface area (Å²) in [4.78, 5) is 14.1. The van der Waals surface area contributed by atoms with Crippen LogP contribution in [0.3, 0.4) is 0 Å². The van der Waals surface area contributed by atoms with Crippen molar-refractivity contribution in [3.8, 4) is 0 Å². The lowest BCUT2D eigenvalue weighted by atomic mass is 10.3. The number of amides is 1. The fourth-order valence-corrected chi connectivity index (χ4v) is 1.10. The molecule has 0 aliphatic carbocycles. The molecular formula is C9H15N3O3. The van der Waals surface area contributed by atoms with E-state index < -0.39 is 6.10 Å². The number of hydrogen-bond donors (Lipinski definition) is 4. The van der Waals surface area contributed by atoms with Crippen molar-refractivity contribution < 1.29 is 14.6 Å². The number of aliphatic hydroxyl groups is 1. The molecule has 5 N–H and O–H groups in total. The van der Waals surface area contributed by atoms with E-state index >= 15 is 0 Å². The van der Waals surface area contributed by atoms with Crippen LogP contribution in [0.15, 0.2) is 12.3 Å². The van der Waals surface area contributed by atoms with Crippen molar-refractivity contribution in [2.45, 2.75) is 6.10 Å². The Kier molecular flexibility index (Phi) is 4.14.